The summed E-state index contributed by atoms with van der Waals surface area (Å²) in [5.74, 6) is 0.237. The fourth-order valence-corrected chi connectivity index (χ4v) is 2.98. The third kappa shape index (κ3) is 3.17. The van der Waals surface area contributed by atoms with Crippen LogP contribution in [0.4, 0.5) is 11.5 Å². The standard InChI is InChI=1S/C20H13Cl2N3O/c21-13-5-9-15(10-6-13)23-19-20(26)25(16-11-7-14(22)8-12-16)18-4-2-1-3-17(18)24-19/h1-12H,(H,23,24). The van der Waals surface area contributed by atoms with Crippen molar-refractivity contribution in [1.82, 2.24) is 9.55 Å². The molecule has 0 spiro atoms. The van der Waals surface area contributed by atoms with E-state index in [0.29, 0.717) is 15.6 Å². The van der Waals surface area contributed by atoms with Gasteiger partial charge in [-0.1, -0.05) is 35.3 Å². The number of hydrogen-bond acceptors (Lipinski definition) is 3. The maximum Gasteiger partial charge on any atom is 0.298 e. The van der Waals surface area contributed by atoms with Gasteiger partial charge < -0.3 is 5.32 Å². The summed E-state index contributed by atoms with van der Waals surface area (Å²) in [4.78, 5) is 17.6. The third-order valence-electron chi connectivity index (χ3n) is 3.95. The molecule has 0 unspecified atom stereocenters. The van der Waals surface area contributed by atoms with Gasteiger partial charge in [0.05, 0.1) is 11.0 Å². The highest BCUT2D eigenvalue weighted by molar-refractivity contribution is 6.30. The Morgan fingerprint density at radius 2 is 1.42 bits per heavy atom. The molecule has 0 aliphatic rings. The molecule has 1 N–H and O–H groups in total. The molecule has 128 valence electrons. The smallest absolute Gasteiger partial charge is 0.298 e. The number of anilines is 2. The lowest BCUT2D eigenvalue weighted by atomic mass is 10.2. The Hall–Kier alpha value is -2.82. The predicted molar refractivity (Wildman–Crippen MR) is 107 cm³/mol. The number of hydrogen-bond donors (Lipinski definition) is 1. The van der Waals surface area contributed by atoms with Crippen molar-refractivity contribution in [3.8, 4) is 5.69 Å². The van der Waals surface area contributed by atoms with Gasteiger partial charge in [-0.25, -0.2) is 4.98 Å². The number of aromatic nitrogens is 2. The van der Waals surface area contributed by atoms with Crippen LogP contribution < -0.4 is 10.9 Å². The second kappa shape index (κ2) is 6.83. The molecule has 0 amide bonds. The Bertz CT molecular complexity index is 1140. The second-order valence-corrected chi connectivity index (χ2v) is 6.57. The van der Waals surface area contributed by atoms with E-state index in [1.165, 1.54) is 0 Å². The highest BCUT2D eigenvalue weighted by Crippen LogP contribution is 2.21. The first-order valence-corrected chi connectivity index (χ1v) is 8.68. The minimum absolute atomic E-state index is 0.237. The van der Waals surface area contributed by atoms with E-state index in [4.69, 9.17) is 23.2 Å². The largest absolute Gasteiger partial charge is 0.336 e. The number of benzene rings is 3. The first-order valence-electron chi connectivity index (χ1n) is 7.92. The van der Waals surface area contributed by atoms with Gasteiger partial charge in [0, 0.05) is 21.4 Å². The number of halogens is 2. The molecule has 0 aliphatic carbocycles. The lowest BCUT2D eigenvalue weighted by Gasteiger charge is -2.13. The Labute approximate surface area is 159 Å². The monoisotopic (exact) mass is 381 g/mol. The minimum Gasteiger partial charge on any atom is -0.336 e. The van der Waals surface area contributed by atoms with Gasteiger partial charge in [0.15, 0.2) is 5.82 Å². The predicted octanol–water partition coefficient (Wildman–Crippen LogP) is 5.44. The molecule has 4 aromatic rings. The first kappa shape index (κ1) is 16.6. The lowest BCUT2D eigenvalue weighted by molar-refractivity contribution is 1.02. The third-order valence-corrected chi connectivity index (χ3v) is 4.46. The normalized spacial score (nSPS) is 10.8. The van der Waals surface area contributed by atoms with Crippen molar-refractivity contribution < 1.29 is 0 Å². The zero-order chi connectivity index (χ0) is 18.1. The summed E-state index contributed by atoms with van der Waals surface area (Å²) in [6, 6.07) is 21.7. The van der Waals surface area contributed by atoms with Crippen molar-refractivity contribution in [2.24, 2.45) is 0 Å². The molecule has 0 bridgehead atoms. The van der Waals surface area contributed by atoms with E-state index in [1.54, 1.807) is 41.0 Å². The maximum atomic E-state index is 13.1. The van der Waals surface area contributed by atoms with Gasteiger partial charge >= 0.3 is 0 Å². The Morgan fingerprint density at radius 1 is 0.808 bits per heavy atom. The van der Waals surface area contributed by atoms with Gasteiger partial charge in [-0.3, -0.25) is 9.36 Å². The summed E-state index contributed by atoms with van der Waals surface area (Å²) in [6.45, 7) is 0. The molecule has 6 heteroatoms. The Balaban J connectivity index is 1.92. The molecule has 1 heterocycles. The summed E-state index contributed by atoms with van der Waals surface area (Å²) >= 11 is 11.9. The van der Waals surface area contributed by atoms with Crippen LogP contribution in [0.3, 0.4) is 0 Å². The minimum atomic E-state index is -0.249. The SMILES string of the molecule is O=c1c(Nc2ccc(Cl)cc2)nc2ccccc2n1-c1ccc(Cl)cc1. The summed E-state index contributed by atoms with van der Waals surface area (Å²) in [7, 11) is 0. The number of para-hydroxylation sites is 2. The average Bonchev–Trinajstić information content (AvgIpc) is 2.65. The van der Waals surface area contributed by atoms with Crippen LogP contribution in [0.5, 0.6) is 0 Å². The van der Waals surface area contributed by atoms with Crippen molar-refractivity contribution >= 4 is 45.7 Å². The summed E-state index contributed by atoms with van der Waals surface area (Å²) < 4.78 is 1.62. The zero-order valence-corrected chi connectivity index (χ0v) is 15.0. The van der Waals surface area contributed by atoms with Crippen LogP contribution >= 0.6 is 23.2 Å². The molecule has 0 saturated carbocycles. The average molecular weight is 382 g/mol. The van der Waals surface area contributed by atoms with E-state index < -0.39 is 0 Å². The molecule has 0 fully saturated rings. The topological polar surface area (TPSA) is 46.9 Å². The van der Waals surface area contributed by atoms with Gasteiger partial charge in [-0.05, 0) is 60.7 Å². The molecular formula is C20H13Cl2N3O. The first-order chi connectivity index (χ1) is 12.6. The van der Waals surface area contributed by atoms with Crippen LogP contribution in [0.15, 0.2) is 77.6 Å². The quantitative estimate of drug-likeness (QED) is 0.514. The van der Waals surface area contributed by atoms with Crippen molar-refractivity contribution in [3.05, 3.63) is 93.2 Å². The number of fused-ring (bicyclic) bond motifs is 1. The second-order valence-electron chi connectivity index (χ2n) is 5.70. The van der Waals surface area contributed by atoms with E-state index in [0.717, 1.165) is 16.9 Å². The molecule has 4 rings (SSSR count). The molecule has 1 aromatic heterocycles. The van der Waals surface area contributed by atoms with Crippen molar-refractivity contribution in [2.75, 3.05) is 5.32 Å². The molecule has 3 aromatic carbocycles. The van der Waals surface area contributed by atoms with Crippen LogP contribution in [0, 0.1) is 0 Å². The van der Waals surface area contributed by atoms with Gasteiger partial charge in [0.25, 0.3) is 5.56 Å². The van der Waals surface area contributed by atoms with E-state index in [-0.39, 0.29) is 11.4 Å². The fraction of sp³-hybridized carbons (Fsp3) is 0. The number of nitrogens with one attached hydrogen (secondary N) is 1. The highest BCUT2D eigenvalue weighted by atomic mass is 35.5. The fourth-order valence-electron chi connectivity index (χ4n) is 2.73. The zero-order valence-electron chi connectivity index (χ0n) is 13.5. The van der Waals surface area contributed by atoms with Crippen LogP contribution in [0.1, 0.15) is 0 Å². The van der Waals surface area contributed by atoms with Crippen molar-refractivity contribution in [1.29, 1.82) is 0 Å². The molecule has 0 aliphatic heterocycles. The summed E-state index contributed by atoms with van der Waals surface area (Å²) in [6.07, 6.45) is 0. The van der Waals surface area contributed by atoms with E-state index in [9.17, 15) is 4.79 Å². The molecule has 0 saturated heterocycles. The van der Waals surface area contributed by atoms with Gasteiger partial charge in [0.1, 0.15) is 0 Å². The summed E-state index contributed by atoms with van der Waals surface area (Å²) in [5.41, 5.74) is 2.63. The Morgan fingerprint density at radius 3 is 2.12 bits per heavy atom. The molecule has 4 nitrogen and oxygen atoms in total. The lowest BCUT2D eigenvalue weighted by Crippen LogP contribution is -2.23. The van der Waals surface area contributed by atoms with Crippen LogP contribution in [-0.2, 0) is 0 Å². The Kier molecular flexibility index (Phi) is 4.37. The molecule has 0 radical (unpaired) electrons. The van der Waals surface area contributed by atoms with E-state index >= 15 is 0 Å². The number of rotatable bonds is 3. The number of nitrogens with zero attached hydrogens (tertiary/aromatic N) is 2. The molecule has 0 atom stereocenters. The molecule has 26 heavy (non-hydrogen) atoms. The highest BCUT2D eigenvalue weighted by Gasteiger charge is 2.12. The van der Waals surface area contributed by atoms with Crippen LogP contribution in [0.2, 0.25) is 10.0 Å². The van der Waals surface area contributed by atoms with E-state index in [1.807, 2.05) is 36.4 Å². The summed E-state index contributed by atoms with van der Waals surface area (Å²) in [5, 5.41) is 4.32. The van der Waals surface area contributed by atoms with Gasteiger partial charge in [-0.15, -0.1) is 0 Å². The van der Waals surface area contributed by atoms with Crippen molar-refractivity contribution in [2.45, 2.75) is 0 Å². The van der Waals surface area contributed by atoms with Gasteiger partial charge in [0.2, 0.25) is 0 Å². The van der Waals surface area contributed by atoms with Crippen molar-refractivity contribution in [3.63, 3.8) is 0 Å². The van der Waals surface area contributed by atoms with Crippen LogP contribution in [-0.4, -0.2) is 9.55 Å². The van der Waals surface area contributed by atoms with Gasteiger partial charge in [-0.2, -0.15) is 0 Å². The maximum absolute atomic E-state index is 13.1. The molecular weight excluding hydrogens is 369 g/mol. The van der Waals surface area contributed by atoms with Crippen LogP contribution in [0.25, 0.3) is 16.7 Å². The van der Waals surface area contributed by atoms with E-state index in [2.05, 4.69) is 10.3 Å².